The second kappa shape index (κ2) is 5.59. The van der Waals surface area contributed by atoms with E-state index in [0.29, 0.717) is 12.8 Å². The number of anilines is 1. The number of rotatable bonds is 4. The maximum absolute atomic E-state index is 13.3. The van der Waals surface area contributed by atoms with Gasteiger partial charge in [0.2, 0.25) is 10.0 Å². The molecule has 0 radical (unpaired) electrons. The van der Waals surface area contributed by atoms with Gasteiger partial charge < -0.3 is 10.8 Å². The molecule has 5 nitrogen and oxygen atoms in total. The van der Waals surface area contributed by atoms with E-state index in [2.05, 4.69) is 20.7 Å². The molecule has 2 rings (SSSR count). The van der Waals surface area contributed by atoms with Gasteiger partial charge in [0, 0.05) is 6.54 Å². The van der Waals surface area contributed by atoms with Crippen molar-refractivity contribution in [1.29, 1.82) is 0 Å². The highest BCUT2D eigenvalue weighted by Crippen LogP contribution is 2.30. The first-order chi connectivity index (χ1) is 9.23. The van der Waals surface area contributed by atoms with Crippen LogP contribution in [-0.4, -0.2) is 25.7 Å². The largest absolute Gasteiger partial charge is 0.398 e. The van der Waals surface area contributed by atoms with Crippen LogP contribution in [0, 0.1) is 5.82 Å². The van der Waals surface area contributed by atoms with Gasteiger partial charge in [0.05, 0.1) is 15.8 Å². The van der Waals surface area contributed by atoms with Crippen molar-refractivity contribution in [2.75, 3.05) is 12.3 Å². The number of benzene rings is 1. The van der Waals surface area contributed by atoms with Crippen LogP contribution in [-0.2, 0) is 10.0 Å². The van der Waals surface area contributed by atoms with Crippen molar-refractivity contribution < 1.29 is 17.9 Å². The van der Waals surface area contributed by atoms with Gasteiger partial charge in [-0.3, -0.25) is 0 Å². The van der Waals surface area contributed by atoms with E-state index in [9.17, 15) is 17.9 Å². The van der Waals surface area contributed by atoms with E-state index in [1.54, 1.807) is 0 Å². The highest BCUT2D eigenvalue weighted by atomic mass is 79.9. The second-order valence-corrected chi connectivity index (χ2v) is 7.65. The van der Waals surface area contributed by atoms with Crippen LogP contribution in [0.2, 0.25) is 0 Å². The highest BCUT2D eigenvalue weighted by molar-refractivity contribution is 9.10. The Labute approximate surface area is 125 Å². The van der Waals surface area contributed by atoms with Crippen LogP contribution in [0.4, 0.5) is 10.1 Å². The van der Waals surface area contributed by atoms with Gasteiger partial charge in [-0.15, -0.1) is 0 Å². The lowest BCUT2D eigenvalue weighted by Gasteiger charge is -2.22. The Morgan fingerprint density at radius 3 is 2.60 bits per heavy atom. The number of nitrogens with two attached hydrogens (primary N) is 1. The summed E-state index contributed by atoms with van der Waals surface area (Å²) < 4.78 is 40.0. The fourth-order valence-electron chi connectivity index (χ4n) is 2.29. The molecule has 1 aromatic carbocycles. The third-order valence-corrected chi connectivity index (χ3v) is 5.53. The number of hydrogen-bond acceptors (Lipinski definition) is 4. The summed E-state index contributed by atoms with van der Waals surface area (Å²) in [6.45, 7) is -0.0657. The van der Waals surface area contributed by atoms with Gasteiger partial charge in [-0.1, -0.05) is 12.8 Å². The molecule has 0 bridgehead atoms. The van der Waals surface area contributed by atoms with Crippen LogP contribution >= 0.6 is 15.9 Å². The Bertz CT molecular complexity index is 615. The van der Waals surface area contributed by atoms with Crippen LogP contribution in [0.15, 0.2) is 21.5 Å². The molecule has 0 amide bonds. The molecular weight excluding hydrogens is 351 g/mol. The summed E-state index contributed by atoms with van der Waals surface area (Å²) in [5.41, 5.74) is 4.38. The summed E-state index contributed by atoms with van der Waals surface area (Å²) in [6.07, 6.45) is 2.89. The first-order valence-electron chi connectivity index (χ1n) is 6.20. The van der Waals surface area contributed by atoms with Gasteiger partial charge in [0.15, 0.2) is 0 Å². The average Bonchev–Trinajstić information content (AvgIpc) is 2.79. The minimum Gasteiger partial charge on any atom is -0.398 e. The van der Waals surface area contributed by atoms with Crippen molar-refractivity contribution >= 4 is 31.6 Å². The third kappa shape index (κ3) is 3.30. The zero-order chi connectivity index (χ0) is 15.0. The van der Waals surface area contributed by atoms with Crippen LogP contribution in [0.5, 0.6) is 0 Å². The number of aliphatic hydroxyl groups is 1. The predicted octanol–water partition coefficient (Wildman–Crippen LogP) is 1.75. The van der Waals surface area contributed by atoms with E-state index in [1.165, 1.54) is 0 Å². The van der Waals surface area contributed by atoms with Crippen molar-refractivity contribution in [2.45, 2.75) is 36.2 Å². The molecule has 1 aliphatic rings. The number of halogens is 2. The van der Waals surface area contributed by atoms with Gasteiger partial charge in [-0.05, 0) is 40.9 Å². The number of hydrogen-bond donors (Lipinski definition) is 3. The van der Waals surface area contributed by atoms with E-state index < -0.39 is 21.4 Å². The lowest BCUT2D eigenvalue weighted by molar-refractivity contribution is 0.0532. The maximum atomic E-state index is 13.3. The molecule has 8 heteroatoms. The Hall–Kier alpha value is -0.700. The number of nitrogen functional groups attached to an aromatic ring is 1. The SMILES string of the molecule is Nc1cc(F)c(Br)cc1S(=O)(=O)NCC1(O)CCCC1. The lowest BCUT2D eigenvalue weighted by Crippen LogP contribution is -2.40. The van der Waals surface area contributed by atoms with E-state index in [4.69, 9.17) is 5.73 Å². The molecule has 0 saturated heterocycles. The molecule has 0 atom stereocenters. The monoisotopic (exact) mass is 366 g/mol. The Kier molecular flexibility index (Phi) is 4.38. The molecule has 1 aromatic rings. The van der Waals surface area contributed by atoms with Crippen molar-refractivity contribution in [3.63, 3.8) is 0 Å². The molecular formula is C12H16BrFN2O3S. The minimum absolute atomic E-state index is 0.0200. The van der Waals surface area contributed by atoms with Crippen molar-refractivity contribution in [3.8, 4) is 0 Å². The number of sulfonamides is 1. The normalized spacial score (nSPS) is 18.4. The summed E-state index contributed by atoms with van der Waals surface area (Å²) >= 11 is 2.93. The summed E-state index contributed by atoms with van der Waals surface area (Å²) in [6, 6.07) is 2.06. The quantitative estimate of drug-likeness (QED) is 0.707. The Balaban J connectivity index is 2.20. The number of nitrogens with one attached hydrogen (secondary N) is 1. The zero-order valence-corrected chi connectivity index (χ0v) is 13.1. The van der Waals surface area contributed by atoms with Crippen LogP contribution in [0.25, 0.3) is 0 Å². The topological polar surface area (TPSA) is 92.4 Å². The van der Waals surface area contributed by atoms with E-state index in [-0.39, 0.29) is 21.6 Å². The Morgan fingerprint density at radius 2 is 2.00 bits per heavy atom. The van der Waals surface area contributed by atoms with Gasteiger partial charge >= 0.3 is 0 Å². The summed E-state index contributed by atoms with van der Waals surface area (Å²) in [4.78, 5) is -0.202. The maximum Gasteiger partial charge on any atom is 0.242 e. The highest BCUT2D eigenvalue weighted by Gasteiger charge is 2.33. The van der Waals surface area contributed by atoms with Crippen LogP contribution in [0.3, 0.4) is 0 Å². The molecule has 1 fully saturated rings. The molecule has 0 aromatic heterocycles. The standard InChI is InChI=1S/C12H16BrFN2O3S/c13-8-5-11(10(15)6-9(8)14)20(18,19)16-7-12(17)3-1-2-4-12/h5-6,16-17H,1-4,7,15H2. The first kappa shape index (κ1) is 15.7. The summed E-state index contributed by atoms with van der Waals surface area (Å²) in [5.74, 6) is -0.629. The van der Waals surface area contributed by atoms with Crippen LogP contribution in [0.1, 0.15) is 25.7 Å². The van der Waals surface area contributed by atoms with E-state index >= 15 is 0 Å². The molecule has 1 saturated carbocycles. The van der Waals surface area contributed by atoms with E-state index in [0.717, 1.165) is 25.0 Å². The fraction of sp³-hybridized carbons (Fsp3) is 0.500. The van der Waals surface area contributed by atoms with Crippen molar-refractivity contribution in [3.05, 3.63) is 22.4 Å². The van der Waals surface area contributed by atoms with Gasteiger partial charge in [0.1, 0.15) is 10.7 Å². The van der Waals surface area contributed by atoms with Crippen molar-refractivity contribution in [2.24, 2.45) is 0 Å². The predicted molar refractivity (Wildman–Crippen MR) is 77.1 cm³/mol. The van der Waals surface area contributed by atoms with E-state index in [1.807, 2.05) is 0 Å². The average molecular weight is 367 g/mol. The van der Waals surface area contributed by atoms with Gasteiger partial charge in [-0.25, -0.2) is 17.5 Å². The molecule has 0 aliphatic heterocycles. The van der Waals surface area contributed by atoms with Crippen molar-refractivity contribution in [1.82, 2.24) is 4.72 Å². The minimum atomic E-state index is -3.89. The second-order valence-electron chi connectivity index (χ2n) is 5.06. The third-order valence-electron chi connectivity index (χ3n) is 3.47. The summed E-state index contributed by atoms with van der Waals surface area (Å²) in [7, 11) is -3.89. The molecule has 4 N–H and O–H groups in total. The first-order valence-corrected chi connectivity index (χ1v) is 8.48. The summed E-state index contributed by atoms with van der Waals surface area (Å²) in [5, 5.41) is 10.1. The van der Waals surface area contributed by atoms with Gasteiger partial charge in [0.25, 0.3) is 0 Å². The molecule has 0 spiro atoms. The molecule has 112 valence electrons. The smallest absolute Gasteiger partial charge is 0.242 e. The molecule has 0 unspecified atom stereocenters. The molecule has 1 aliphatic carbocycles. The molecule has 20 heavy (non-hydrogen) atoms. The molecule has 0 heterocycles. The van der Waals surface area contributed by atoms with Gasteiger partial charge in [-0.2, -0.15) is 0 Å². The van der Waals surface area contributed by atoms with Crippen LogP contribution < -0.4 is 10.5 Å². The lowest BCUT2D eigenvalue weighted by atomic mass is 10.0. The Morgan fingerprint density at radius 1 is 1.40 bits per heavy atom. The fourth-order valence-corrected chi connectivity index (χ4v) is 4.05. The zero-order valence-electron chi connectivity index (χ0n) is 10.7.